The number of likely N-dealkylation sites (tertiary alicyclic amines) is 1. The smallest absolute Gasteiger partial charge is 0.407 e. The Morgan fingerprint density at radius 3 is 2.80 bits per heavy atom. The fraction of sp³-hybridized carbons (Fsp3) is 0.632. The summed E-state index contributed by atoms with van der Waals surface area (Å²) in [5, 5.41) is 3.53. The molecule has 0 aliphatic carbocycles. The minimum atomic E-state index is -0.460. The topological polar surface area (TPSA) is 50.8 Å². The molecular weight excluding hydrogens is 340 g/mol. The number of benzene rings is 1. The van der Waals surface area contributed by atoms with Crippen molar-refractivity contribution in [2.75, 3.05) is 26.2 Å². The van der Waals surface area contributed by atoms with Crippen molar-refractivity contribution in [1.82, 2.24) is 10.2 Å². The molecule has 1 amide bonds. The van der Waals surface area contributed by atoms with Gasteiger partial charge in [-0.15, -0.1) is 0 Å². The standard InChI is InChI=1S/C19H29ClN2O3/c1-5-24-17-7-6-14(10-16(17)20)12-22-9-8-15(13-22)11-21-18(23)25-19(2,3)4/h6-7,10,15H,5,8-9,11-13H2,1-4H3,(H,21,23). The first kappa shape index (κ1) is 19.9. The van der Waals surface area contributed by atoms with Gasteiger partial charge in [0.1, 0.15) is 11.4 Å². The Morgan fingerprint density at radius 1 is 1.40 bits per heavy atom. The highest BCUT2D eigenvalue weighted by Crippen LogP contribution is 2.27. The third kappa shape index (κ3) is 6.75. The van der Waals surface area contributed by atoms with Crippen molar-refractivity contribution >= 4 is 17.7 Å². The summed E-state index contributed by atoms with van der Waals surface area (Å²) in [5.41, 5.74) is 0.716. The fourth-order valence-corrected chi connectivity index (χ4v) is 3.20. The number of carbonyl (C=O) groups excluding carboxylic acids is 1. The summed E-state index contributed by atoms with van der Waals surface area (Å²) in [7, 11) is 0. The maximum atomic E-state index is 11.7. The van der Waals surface area contributed by atoms with Gasteiger partial charge in [-0.2, -0.15) is 0 Å². The number of hydrogen-bond donors (Lipinski definition) is 1. The third-order valence-electron chi connectivity index (χ3n) is 4.01. The van der Waals surface area contributed by atoms with E-state index in [1.807, 2.05) is 39.8 Å². The highest BCUT2D eigenvalue weighted by Gasteiger charge is 2.24. The van der Waals surface area contributed by atoms with E-state index in [9.17, 15) is 4.79 Å². The summed E-state index contributed by atoms with van der Waals surface area (Å²) in [6.07, 6.45) is 0.727. The van der Waals surface area contributed by atoms with Gasteiger partial charge >= 0.3 is 6.09 Å². The summed E-state index contributed by atoms with van der Waals surface area (Å²) >= 11 is 6.25. The Hall–Kier alpha value is -1.46. The van der Waals surface area contributed by atoms with Crippen LogP contribution >= 0.6 is 11.6 Å². The van der Waals surface area contributed by atoms with Crippen LogP contribution in [0.25, 0.3) is 0 Å². The van der Waals surface area contributed by atoms with E-state index in [2.05, 4.69) is 16.3 Å². The Labute approximate surface area is 155 Å². The van der Waals surface area contributed by atoms with E-state index >= 15 is 0 Å². The van der Waals surface area contributed by atoms with Crippen molar-refractivity contribution in [3.8, 4) is 5.75 Å². The first-order valence-electron chi connectivity index (χ1n) is 8.87. The summed E-state index contributed by atoms with van der Waals surface area (Å²) in [6, 6.07) is 5.96. The van der Waals surface area contributed by atoms with Crippen molar-refractivity contribution in [2.45, 2.75) is 46.3 Å². The summed E-state index contributed by atoms with van der Waals surface area (Å²) < 4.78 is 10.7. The molecule has 1 atom stereocenters. The van der Waals surface area contributed by atoms with Gasteiger partial charge < -0.3 is 14.8 Å². The second-order valence-corrected chi connectivity index (χ2v) is 7.88. The van der Waals surface area contributed by atoms with Crippen molar-refractivity contribution in [3.63, 3.8) is 0 Å². The van der Waals surface area contributed by atoms with Crippen molar-refractivity contribution in [2.24, 2.45) is 5.92 Å². The monoisotopic (exact) mass is 368 g/mol. The second-order valence-electron chi connectivity index (χ2n) is 7.47. The van der Waals surface area contributed by atoms with Gasteiger partial charge in [-0.1, -0.05) is 17.7 Å². The van der Waals surface area contributed by atoms with Crippen LogP contribution in [-0.2, 0) is 11.3 Å². The van der Waals surface area contributed by atoms with E-state index in [0.717, 1.165) is 31.8 Å². The van der Waals surface area contributed by atoms with Crippen molar-refractivity contribution in [1.29, 1.82) is 0 Å². The molecule has 0 radical (unpaired) electrons. The predicted octanol–water partition coefficient (Wildman–Crippen LogP) is 4.09. The average molecular weight is 369 g/mol. The number of alkyl carbamates (subject to hydrolysis) is 1. The Morgan fingerprint density at radius 2 is 2.16 bits per heavy atom. The quantitative estimate of drug-likeness (QED) is 0.821. The molecule has 1 aliphatic rings. The fourth-order valence-electron chi connectivity index (χ4n) is 2.94. The number of carbonyl (C=O) groups is 1. The first-order chi connectivity index (χ1) is 11.8. The number of ether oxygens (including phenoxy) is 2. The maximum absolute atomic E-state index is 11.7. The molecule has 6 heteroatoms. The van der Waals surface area contributed by atoms with E-state index in [0.29, 0.717) is 24.1 Å². The lowest BCUT2D eigenvalue weighted by atomic mass is 10.1. The van der Waals surface area contributed by atoms with E-state index in [4.69, 9.17) is 21.1 Å². The third-order valence-corrected chi connectivity index (χ3v) is 4.30. The number of halogens is 1. The molecule has 1 aliphatic heterocycles. The molecule has 25 heavy (non-hydrogen) atoms. The van der Waals surface area contributed by atoms with Gasteiger partial charge in [-0.05, 0) is 64.3 Å². The molecule has 0 aromatic heterocycles. The van der Waals surface area contributed by atoms with Crippen LogP contribution in [0.5, 0.6) is 5.75 Å². The van der Waals surface area contributed by atoms with Crippen LogP contribution < -0.4 is 10.1 Å². The van der Waals surface area contributed by atoms with E-state index < -0.39 is 5.60 Å². The number of nitrogens with zero attached hydrogens (tertiary/aromatic N) is 1. The lowest BCUT2D eigenvalue weighted by molar-refractivity contribution is 0.0519. The molecule has 1 fully saturated rings. The van der Waals surface area contributed by atoms with Gasteiger partial charge in [-0.3, -0.25) is 4.90 Å². The average Bonchev–Trinajstić information content (AvgIpc) is 2.94. The largest absolute Gasteiger partial charge is 0.492 e. The molecule has 1 unspecified atom stereocenters. The Kier molecular flexibility index (Phi) is 6.96. The van der Waals surface area contributed by atoms with E-state index in [1.54, 1.807) is 0 Å². The zero-order chi connectivity index (χ0) is 18.4. The van der Waals surface area contributed by atoms with Crippen molar-refractivity contribution < 1.29 is 14.3 Å². The molecular formula is C19H29ClN2O3. The number of hydrogen-bond acceptors (Lipinski definition) is 4. The van der Waals surface area contributed by atoms with Crippen LogP contribution in [0.15, 0.2) is 18.2 Å². The van der Waals surface area contributed by atoms with Crippen LogP contribution in [0.2, 0.25) is 5.02 Å². The Balaban J connectivity index is 1.77. The molecule has 1 heterocycles. The van der Waals surface area contributed by atoms with Crippen LogP contribution in [0.1, 0.15) is 39.7 Å². The summed E-state index contributed by atoms with van der Waals surface area (Å²) in [5.74, 6) is 1.18. The lowest BCUT2D eigenvalue weighted by Gasteiger charge is -2.21. The highest BCUT2D eigenvalue weighted by molar-refractivity contribution is 6.32. The molecule has 0 saturated carbocycles. The molecule has 2 rings (SSSR count). The molecule has 0 spiro atoms. The zero-order valence-corrected chi connectivity index (χ0v) is 16.4. The minimum Gasteiger partial charge on any atom is -0.492 e. The lowest BCUT2D eigenvalue weighted by Crippen LogP contribution is -2.35. The maximum Gasteiger partial charge on any atom is 0.407 e. The van der Waals surface area contributed by atoms with Crippen LogP contribution in [0, 0.1) is 5.92 Å². The summed E-state index contributed by atoms with van der Waals surface area (Å²) in [4.78, 5) is 14.1. The Bertz CT molecular complexity index is 587. The van der Waals surface area contributed by atoms with Gasteiger partial charge in [0.25, 0.3) is 0 Å². The number of rotatable bonds is 6. The molecule has 1 aromatic rings. The van der Waals surface area contributed by atoms with Gasteiger partial charge in [0.05, 0.1) is 11.6 Å². The SMILES string of the molecule is CCOc1ccc(CN2CCC(CNC(=O)OC(C)(C)C)C2)cc1Cl. The summed E-state index contributed by atoms with van der Waals surface area (Å²) in [6.45, 7) is 11.6. The minimum absolute atomic E-state index is 0.343. The predicted molar refractivity (Wildman–Crippen MR) is 100 cm³/mol. The van der Waals surface area contributed by atoms with Crippen LogP contribution in [0.3, 0.4) is 0 Å². The normalized spacial score (nSPS) is 18.2. The van der Waals surface area contributed by atoms with Crippen molar-refractivity contribution in [3.05, 3.63) is 28.8 Å². The number of amides is 1. The van der Waals surface area contributed by atoms with Gasteiger partial charge in [0.2, 0.25) is 0 Å². The van der Waals surface area contributed by atoms with Gasteiger partial charge in [0.15, 0.2) is 0 Å². The molecule has 0 bridgehead atoms. The number of nitrogens with one attached hydrogen (secondary N) is 1. The first-order valence-corrected chi connectivity index (χ1v) is 9.25. The van der Waals surface area contributed by atoms with E-state index in [-0.39, 0.29) is 6.09 Å². The molecule has 1 saturated heterocycles. The van der Waals surface area contributed by atoms with E-state index in [1.165, 1.54) is 5.56 Å². The second kappa shape index (κ2) is 8.77. The molecule has 5 nitrogen and oxygen atoms in total. The van der Waals surface area contributed by atoms with Crippen LogP contribution in [-0.4, -0.2) is 42.8 Å². The highest BCUT2D eigenvalue weighted by atomic mass is 35.5. The zero-order valence-electron chi connectivity index (χ0n) is 15.6. The molecule has 140 valence electrons. The van der Waals surface area contributed by atoms with Gasteiger partial charge in [-0.25, -0.2) is 4.79 Å². The van der Waals surface area contributed by atoms with Crippen LogP contribution in [0.4, 0.5) is 4.79 Å². The molecule has 1 N–H and O–H groups in total. The van der Waals surface area contributed by atoms with Gasteiger partial charge in [0, 0.05) is 19.6 Å². The molecule has 1 aromatic carbocycles.